The molecular formula is C12H22O6. The van der Waals surface area contributed by atoms with Crippen molar-refractivity contribution in [2.75, 3.05) is 13.2 Å². The molecule has 0 saturated carbocycles. The highest BCUT2D eigenvalue weighted by Gasteiger charge is 2.17. The molecule has 2 atom stereocenters. The summed E-state index contributed by atoms with van der Waals surface area (Å²) in [4.78, 5) is 22.3. The summed E-state index contributed by atoms with van der Waals surface area (Å²) >= 11 is 0. The summed E-state index contributed by atoms with van der Waals surface area (Å²) < 4.78 is 9.59. The van der Waals surface area contributed by atoms with Crippen LogP contribution in [-0.2, 0) is 19.1 Å². The van der Waals surface area contributed by atoms with E-state index < -0.39 is 30.8 Å². The van der Waals surface area contributed by atoms with Gasteiger partial charge in [0, 0.05) is 6.42 Å². The summed E-state index contributed by atoms with van der Waals surface area (Å²) in [6.45, 7) is 2.62. The number of aliphatic hydroxyl groups excluding tert-OH is 2. The lowest BCUT2D eigenvalue weighted by atomic mass is 10.2. The van der Waals surface area contributed by atoms with Crippen LogP contribution in [0, 0.1) is 0 Å². The maximum absolute atomic E-state index is 11.3. The van der Waals surface area contributed by atoms with Crippen LogP contribution in [0.5, 0.6) is 0 Å². The number of carbonyl (C=O) groups excluding carboxylic acids is 2. The number of hydrogen-bond acceptors (Lipinski definition) is 6. The van der Waals surface area contributed by atoms with Gasteiger partial charge in [0.25, 0.3) is 0 Å². The van der Waals surface area contributed by atoms with Gasteiger partial charge in [-0.05, 0) is 13.3 Å². The largest absolute Gasteiger partial charge is 0.460 e. The fourth-order valence-corrected chi connectivity index (χ4v) is 1.18. The minimum atomic E-state index is -1.23. The smallest absolute Gasteiger partial charge is 0.334 e. The average Bonchev–Trinajstić information content (AvgIpc) is 2.34. The van der Waals surface area contributed by atoms with Crippen LogP contribution in [0.15, 0.2) is 0 Å². The molecule has 0 aromatic rings. The standard InChI is InChI=1S/C12H22O6/c1-3-4-5-6-11(15)18-10(7-13)8-17-12(16)9(2)14/h9-10,13-14H,3-8H2,1-2H3. The van der Waals surface area contributed by atoms with Crippen LogP contribution < -0.4 is 0 Å². The second kappa shape index (κ2) is 9.85. The zero-order chi connectivity index (χ0) is 14.0. The molecule has 0 aliphatic carbocycles. The van der Waals surface area contributed by atoms with Gasteiger partial charge >= 0.3 is 11.9 Å². The molecule has 0 aliphatic rings. The van der Waals surface area contributed by atoms with E-state index in [4.69, 9.17) is 14.9 Å². The maximum atomic E-state index is 11.3. The van der Waals surface area contributed by atoms with Gasteiger partial charge in [0.2, 0.25) is 0 Å². The molecule has 0 aromatic carbocycles. The van der Waals surface area contributed by atoms with Crippen LogP contribution in [0.3, 0.4) is 0 Å². The van der Waals surface area contributed by atoms with Crippen molar-refractivity contribution in [3.05, 3.63) is 0 Å². The molecule has 0 saturated heterocycles. The Morgan fingerprint density at radius 2 is 1.94 bits per heavy atom. The molecule has 0 rings (SSSR count). The second-order valence-corrected chi connectivity index (χ2v) is 4.06. The first kappa shape index (κ1) is 16.9. The van der Waals surface area contributed by atoms with Crippen molar-refractivity contribution in [3.8, 4) is 0 Å². The Morgan fingerprint density at radius 3 is 2.44 bits per heavy atom. The number of esters is 2. The van der Waals surface area contributed by atoms with Crippen molar-refractivity contribution in [2.24, 2.45) is 0 Å². The number of carbonyl (C=O) groups is 2. The van der Waals surface area contributed by atoms with Crippen LogP contribution in [-0.4, -0.2) is 47.6 Å². The highest BCUT2D eigenvalue weighted by Crippen LogP contribution is 2.03. The molecule has 0 heterocycles. The van der Waals surface area contributed by atoms with Gasteiger partial charge in [-0.2, -0.15) is 0 Å². The van der Waals surface area contributed by atoms with Crippen molar-refractivity contribution < 1.29 is 29.3 Å². The molecule has 0 fully saturated rings. The zero-order valence-corrected chi connectivity index (χ0v) is 10.9. The predicted octanol–water partition coefficient (Wildman–Crippen LogP) is 0.395. The molecule has 0 aromatic heterocycles. The zero-order valence-electron chi connectivity index (χ0n) is 10.9. The Labute approximate surface area is 107 Å². The summed E-state index contributed by atoms with van der Waals surface area (Å²) in [7, 11) is 0. The average molecular weight is 262 g/mol. The van der Waals surface area contributed by atoms with Crippen molar-refractivity contribution in [2.45, 2.75) is 51.7 Å². The van der Waals surface area contributed by atoms with E-state index >= 15 is 0 Å². The molecule has 106 valence electrons. The molecule has 0 aliphatic heterocycles. The third kappa shape index (κ3) is 8.03. The second-order valence-electron chi connectivity index (χ2n) is 4.06. The summed E-state index contributed by atoms with van der Waals surface area (Å²) in [5.74, 6) is -1.23. The summed E-state index contributed by atoms with van der Waals surface area (Å²) in [5.41, 5.74) is 0. The van der Waals surface area contributed by atoms with Gasteiger partial charge in [0.05, 0.1) is 6.61 Å². The van der Waals surface area contributed by atoms with E-state index in [-0.39, 0.29) is 13.0 Å². The van der Waals surface area contributed by atoms with E-state index in [9.17, 15) is 9.59 Å². The maximum Gasteiger partial charge on any atom is 0.334 e. The third-order valence-electron chi connectivity index (χ3n) is 2.24. The first-order valence-corrected chi connectivity index (χ1v) is 6.16. The van der Waals surface area contributed by atoms with Crippen LogP contribution >= 0.6 is 0 Å². The first-order valence-electron chi connectivity index (χ1n) is 6.16. The summed E-state index contributed by atoms with van der Waals surface area (Å²) in [5, 5.41) is 17.9. The minimum absolute atomic E-state index is 0.250. The number of aliphatic hydroxyl groups is 2. The normalized spacial score (nSPS) is 13.8. The van der Waals surface area contributed by atoms with E-state index in [1.807, 2.05) is 6.92 Å². The molecule has 0 amide bonds. The third-order valence-corrected chi connectivity index (χ3v) is 2.24. The fraction of sp³-hybridized carbons (Fsp3) is 0.833. The van der Waals surface area contributed by atoms with Gasteiger partial charge in [-0.25, -0.2) is 4.79 Å². The van der Waals surface area contributed by atoms with Gasteiger partial charge in [-0.1, -0.05) is 19.8 Å². The lowest BCUT2D eigenvalue weighted by molar-refractivity contribution is -0.165. The Bertz CT molecular complexity index is 251. The SMILES string of the molecule is CCCCCC(=O)OC(CO)COC(=O)C(C)O. The topological polar surface area (TPSA) is 93.1 Å². The van der Waals surface area contributed by atoms with Crippen LogP contribution in [0.2, 0.25) is 0 Å². The molecule has 18 heavy (non-hydrogen) atoms. The van der Waals surface area contributed by atoms with Crippen molar-refractivity contribution in [3.63, 3.8) is 0 Å². The Morgan fingerprint density at radius 1 is 1.28 bits per heavy atom. The molecular weight excluding hydrogens is 240 g/mol. The van der Waals surface area contributed by atoms with Crippen molar-refractivity contribution >= 4 is 11.9 Å². The summed E-state index contributed by atoms with van der Waals surface area (Å²) in [6.07, 6.45) is 0.861. The van der Waals surface area contributed by atoms with Crippen molar-refractivity contribution in [1.29, 1.82) is 0 Å². The van der Waals surface area contributed by atoms with E-state index in [1.54, 1.807) is 0 Å². The number of rotatable bonds is 9. The van der Waals surface area contributed by atoms with Gasteiger partial charge in [0.15, 0.2) is 6.10 Å². The van der Waals surface area contributed by atoms with E-state index in [0.717, 1.165) is 19.3 Å². The monoisotopic (exact) mass is 262 g/mol. The molecule has 2 unspecified atom stereocenters. The molecule has 0 radical (unpaired) electrons. The Balaban J connectivity index is 3.88. The quantitative estimate of drug-likeness (QED) is 0.461. The van der Waals surface area contributed by atoms with Gasteiger partial charge in [-0.15, -0.1) is 0 Å². The van der Waals surface area contributed by atoms with E-state index in [2.05, 4.69) is 4.74 Å². The van der Waals surface area contributed by atoms with Gasteiger partial charge in [0.1, 0.15) is 12.7 Å². The van der Waals surface area contributed by atoms with Crippen molar-refractivity contribution in [1.82, 2.24) is 0 Å². The summed E-state index contributed by atoms with van der Waals surface area (Å²) in [6, 6.07) is 0. The molecule has 6 heteroatoms. The highest BCUT2D eigenvalue weighted by atomic mass is 16.6. The van der Waals surface area contributed by atoms with Crippen LogP contribution in [0.4, 0.5) is 0 Å². The fourth-order valence-electron chi connectivity index (χ4n) is 1.18. The lowest BCUT2D eigenvalue weighted by Gasteiger charge is -2.16. The van der Waals surface area contributed by atoms with Gasteiger partial charge in [-0.3, -0.25) is 4.79 Å². The highest BCUT2D eigenvalue weighted by molar-refractivity contribution is 5.73. The molecule has 0 spiro atoms. The minimum Gasteiger partial charge on any atom is -0.460 e. The van der Waals surface area contributed by atoms with Crippen LogP contribution in [0.1, 0.15) is 39.5 Å². The Hall–Kier alpha value is -1.14. The Kier molecular flexibility index (Phi) is 9.22. The predicted molar refractivity (Wildman–Crippen MR) is 63.7 cm³/mol. The van der Waals surface area contributed by atoms with Crippen LogP contribution in [0.25, 0.3) is 0 Å². The number of hydrogen-bond donors (Lipinski definition) is 2. The van der Waals surface area contributed by atoms with Gasteiger partial charge < -0.3 is 19.7 Å². The number of unbranched alkanes of at least 4 members (excludes halogenated alkanes) is 2. The first-order chi connectivity index (χ1) is 8.51. The number of ether oxygens (including phenoxy) is 2. The molecule has 0 bridgehead atoms. The molecule has 2 N–H and O–H groups in total. The molecule has 6 nitrogen and oxygen atoms in total. The lowest BCUT2D eigenvalue weighted by Crippen LogP contribution is -2.30. The van der Waals surface area contributed by atoms with E-state index in [1.165, 1.54) is 6.92 Å². The van der Waals surface area contributed by atoms with E-state index in [0.29, 0.717) is 0 Å².